The van der Waals surface area contributed by atoms with Gasteiger partial charge in [-0.3, -0.25) is 9.69 Å². The highest BCUT2D eigenvalue weighted by atomic mass is 16.2. The normalized spacial score (nSPS) is 15.8. The molecule has 1 N–H and O–H groups in total. The number of rotatable bonds is 5. The van der Waals surface area contributed by atoms with Crippen LogP contribution in [0.4, 0.5) is 0 Å². The van der Waals surface area contributed by atoms with Crippen LogP contribution in [0.5, 0.6) is 0 Å². The van der Waals surface area contributed by atoms with Crippen LogP contribution in [0, 0.1) is 0 Å². The number of aryl methyl sites for hydroxylation is 1. The molecule has 3 aromatic rings. The number of benzene rings is 2. The summed E-state index contributed by atoms with van der Waals surface area (Å²) in [6.45, 7) is 4.69. The van der Waals surface area contributed by atoms with Crippen LogP contribution in [0.3, 0.4) is 0 Å². The maximum atomic E-state index is 12.7. The van der Waals surface area contributed by atoms with Crippen molar-refractivity contribution in [2.45, 2.75) is 25.8 Å². The molecule has 1 amide bonds. The zero-order valence-electron chi connectivity index (χ0n) is 15.7. The molecular weight excluding hydrogens is 334 g/mol. The molecule has 1 aliphatic rings. The average Bonchev–Trinajstić information content (AvgIpc) is 2.97. The topological polar surface area (TPSA) is 39.3 Å². The van der Waals surface area contributed by atoms with Crippen molar-refractivity contribution in [2.24, 2.45) is 0 Å². The second kappa shape index (κ2) is 8.40. The quantitative estimate of drug-likeness (QED) is 0.750. The SMILES string of the molecule is O=C(CCc1c[nH]c2ccccc12)N1CCCN(Cc2ccccc2)CC1. The fraction of sp³-hybridized carbons (Fsp3) is 0.348. The minimum atomic E-state index is 0.279. The highest BCUT2D eigenvalue weighted by Gasteiger charge is 2.19. The van der Waals surface area contributed by atoms with Crippen molar-refractivity contribution in [1.29, 1.82) is 0 Å². The van der Waals surface area contributed by atoms with Gasteiger partial charge in [0.25, 0.3) is 0 Å². The summed E-state index contributed by atoms with van der Waals surface area (Å²) in [6.07, 6.45) is 4.47. The van der Waals surface area contributed by atoms with Gasteiger partial charge in [-0.1, -0.05) is 48.5 Å². The van der Waals surface area contributed by atoms with Crippen LogP contribution in [0.25, 0.3) is 10.9 Å². The lowest BCUT2D eigenvalue weighted by molar-refractivity contribution is -0.131. The number of carbonyl (C=O) groups excluding carboxylic acids is 1. The van der Waals surface area contributed by atoms with Gasteiger partial charge >= 0.3 is 0 Å². The number of hydrogen-bond donors (Lipinski definition) is 1. The maximum Gasteiger partial charge on any atom is 0.222 e. The first-order chi connectivity index (χ1) is 13.3. The summed E-state index contributed by atoms with van der Waals surface area (Å²) in [5.74, 6) is 0.279. The van der Waals surface area contributed by atoms with E-state index in [1.165, 1.54) is 16.5 Å². The summed E-state index contributed by atoms with van der Waals surface area (Å²) < 4.78 is 0. The highest BCUT2D eigenvalue weighted by molar-refractivity contribution is 5.84. The van der Waals surface area contributed by atoms with E-state index in [0.29, 0.717) is 6.42 Å². The Hall–Kier alpha value is -2.59. The lowest BCUT2D eigenvalue weighted by Gasteiger charge is -2.22. The Bertz CT molecular complexity index is 887. The Balaban J connectivity index is 1.30. The monoisotopic (exact) mass is 361 g/mol. The minimum Gasteiger partial charge on any atom is -0.361 e. The summed E-state index contributed by atoms with van der Waals surface area (Å²) >= 11 is 0. The van der Waals surface area contributed by atoms with Crippen LogP contribution < -0.4 is 0 Å². The van der Waals surface area contributed by atoms with Gasteiger partial charge in [0.1, 0.15) is 0 Å². The standard InChI is InChI=1S/C23H27N3O/c27-23(12-11-20-17-24-22-10-5-4-9-21(20)22)26-14-6-13-25(15-16-26)18-19-7-2-1-3-8-19/h1-5,7-10,17,24H,6,11-16,18H2. The predicted molar refractivity (Wildman–Crippen MR) is 110 cm³/mol. The number of carbonyl (C=O) groups is 1. The van der Waals surface area contributed by atoms with E-state index in [2.05, 4.69) is 63.3 Å². The van der Waals surface area contributed by atoms with Crippen molar-refractivity contribution in [1.82, 2.24) is 14.8 Å². The molecule has 1 aromatic heterocycles. The second-order valence-corrected chi connectivity index (χ2v) is 7.36. The van der Waals surface area contributed by atoms with Crippen molar-refractivity contribution >= 4 is 16.8 Å². The molecule has 0 spiro atoms. The Morgan fingerprint density at radius 1 is 0.926 bits per heavy atom. The molecule has 1 fully saturated rings. The summed E-state index contributed by atoms with van der Waals surface area (Å²) in [5.41, 5.74) is 3.72. The zero-order chi connectivity index (χ0) is 18.5. The van der Waals surface area contributed by atoms with Crippen LogP contribution in [-0.2, 0) is 17.8 Å². The third-order valence-electron chi connectivity index (χ3n) is 5.47. The van der Waals surface area contributed by atoms with E-state index in [-0.39, 0.29) is 5.91 Å². The lowest BCUT2D eigenvalue weighted by atomic mass is 10.1. The predicted octanol–water partition coefficient (Wildman–Crippen LogP) is 3.84. The molecule has 27 heavy (non-hydrogen) atoms. The first kappa shape index (κ1) is 17.8. The summed E-state index contributed by atoms with van der Waals surface area (Å²) in [5, 5.41) is 1.23. The van der Waals surface area contributed by atoms with Crippen molar-refractivity contribution in [3.63, 3.8) is 0 Å². The Kier molecular flexibility index (Phi) is 5.54. The smallest absolute Gasteiger partial charge is 0.222 e. The van der Waals surface area contributed by atoms with E-state index in [1.807, 2.05) is 12.3 Å². The van der Waals surface area contributed by atoms with Crippen LogP contribution in [0.2, 0.25) is 0 Å². The molecule has 1 saturated heterocycles. The number of amides is 1. The van der Waals surface area contributed by atoms with Gasteiger partial charge in [-0.15, -0.1) is 0 Å². The van der Waals surface area contributed by atoms with Gasteiger partial charge in [-0.05, 0) is 30.0 Å². The number of para-hydroxylation sites is 1. The van der Waals surface area contributed by atoms with Gasteiger partial charge in [0.05, 0.1) is 0 Å². The molecule has 0 radical (unpaired) electrons. The number of hydrogen-bond acceptors (Lipinski definition) is 2. The van der Waals surface area contributed by atoms with Crippen LogP contribution >= 0.6 is 0 Å². The van der Waals surface area contributed by atoms with E-state index < -0.39 is 0 Å². The molecule has 4 heteroatoms. The van der Waals surface area contributed by atoms with E-state index in [4.69, 9.17) is 0 Å². The fourth-order valence-corrected chi connectivity index (χ4v) is 3.96. The van der Waals surface area contributed by atoms with E-state index in [0.717, 1.165) is 51.1 Å². The van der Waals surface area contributed by atoms with Gasteiger partial charge < -0.3 is 9.88 Å². The number of H-pyrrole nitrogens is 1. The molecule has 2 heterocycles. The van der Waals surface area contributed by atoms with Crippen LogP contribution in [0.15, 0.2) is 60.8 Å². The van der Waals surface area contributed by atoms with Gasteiger partial charge in [0.2, 0.25) is 5.91 Å². The number of nitrogens with zero attached hydrogens (tertiary/aromatic N) is 2. The largest absolute Gasteiger partial charge is 0.361 e. The highest BCUT2D eigenvalue weighted by Crippen LogP contribution is 2.19. The van der Waals surface area contributed by atoms with Crippen LogP contribution in [0.1, 0.15) is 24.0 Å². The molecule has 2 aromatic carbocycles. The first-order valence-electron chi connectivity index (χ1n) is 9.88. The van der Waals surface area contributed by atoms with Crippen molar-refractivity contribution in [2.75, 3.05) is 26.2 Å². The number of nitrogens with one attached hydrogen (secondary N) is 1. The van der Waals surface area contributed by atoms with Crippen molar-refractivity contribution < 1.29 is 4.79 Å². The van der Waals surface area contributed by atoms with Crippen molar-refractivity contribution in [3.8, 4) is 0 Å². The fourth-order valence-electron chi connectivity index (χ4n) is 3.96. The van der Waals surface area contributed by atoms with Crippen LogP contribution in [-0.4, -0.2) is 46.9 Å². The molecule has 0 aliphatic carbocycles. The van der Waals surface area contributed by atoms with E-state index in [1.54, 1.807) is 0 Å². The molecule has 0 unspecified atom stereocenters. The lowest BCUT2D eigenvalue weighted by Crippen LogP contribution is -2.35. The second-order valence-electron chi connectivity index (χ2n) is 7.36. The van der Waals surface area contributed by atoms with E-state index in [9.17, 15) is 4.79 Å². The zero-order valence-corrected chi connectivity index (χ0v) is 15.7. The number of aromatic nitrogens is 1. The van der Waals surface area contributed by atoms with E-state index >= 15 is 0 Å². The molecule has 4 rings (SSSR count). The van der Waals surface area contributed by atoms with Gasteiger partial charge in [-0.25, -0.2) is 0 Å². The summed E-state index contributed by atoms with van der Waals surface area (Å²) in [4.78, 5) is 20.6. The number of aromatic amines is 1. The summed E-state index contributed by atoms with van der Waals surface area (Å²) in [6, 6.07) is 18.9. The van der Waals surface area contributed by atoms with Gasteiger partial charge in [-0.2, -0.15) is 0 Å². The molecular formula is C23H27N3O. The Morgan fingerprint density at radius 3 is 2.63 bits per heavy atom. The Morgan fingerprint density at radius 2 is 1.74 bits per heavy atom. The molecule has 140 valence electrons. The molecule has 1 aliphatic heterocycles. The minimum absolute atomic E-state index is 0.279. The maximum absolute atomic E-state index is 12.7. The third-order valence-corrected chi connectivity index (χ3v) is 5.47. The molecule has 4 nitrogen and oxygen atoms in total. The third kappa shape index (κ3) is 4.40. The van der Waals surface area contributed by atoms with Gasteiger partial charge in [0, 0.05) is 56.2 Å². The van der Waals surface area contributed by atoms with Gasteiger partial charge in [0.15, 0.2) is 0 Å². The average molecular weight is 361 g/mol. The molecule has 0 saturated carbocycles. The van der Waals surface area contributed by atoms with Crippen molar-refractivity contribution in [3.05, 3.63) is 71.9 Å². The number of fused-ring (bicyclic) bond motifs is 1. The first-order valence-corrected chi connectivity index (χ1v) is 9.88. The molecule has 0 bridgehead atoms. The summed E-state index contributed by atoms with van der Waals surface area (Å²) in [7, 11) is 0. The molecule has 0 atom stereocenters. The Labute approximate surface area is 160 Å².